The summed E-state index contributed by atoms with van der Waals surface area (Å²) in [6, 6.07) is 2.29. The summed E-state index contributed by atoms with van der Waals surface area (Å²) in [6.45, 7) is 1.59. The lowest BCUT2D eigenvalue weighted by atomic mass is 10.2. The lowest BCUT2D eigenvalue weighted by molar-refractivity contribution is -0.136. The Kier molecular flexibility index (Phi) is 2.15. The first-order valence-corrected chi connectivity index (χ1v) is 4.49. The summed E-state index contributed by atoms with van der Waals surface area (Å²) >= 11 is 5.59. The molecule has 0 fully saturated rings. The van der Waals surface area contributed by atoms with Gasteiger partial charge in [0.25, 0.3) is 0 Å². The highest BCUT2D eigenvalue weighted by molar-refractivity contribution is 6.31. The van der Waals surface area contributed by atoms with Crippen molar-refractivity contribution in [2.24, 2.45) is 0 Å². The van der Waals surface area contributed by atoms with Crippen molar-refractivity contribution in [2.45, 2.75) is 13.1 Å². The Morgan fingerprint density at radius 2 is 2.00 bits per heavy atom. The van der Waals surface area contributed by atoms with E-state index in [1.54, 1.807) is 6.92 Å². The van der Waals surface area contributed by atoms with Crippen LogP contribution in [0.3, 0.4) is 0 Å². The lowest BCUT2D eigenvalue weighted by Gasteiger charge is -2.07. The molecule has 0 aliphatic heterocycles. The minimum absolute atomic E-state index is 0.0237. The minimum Gasteiger partial charge on any atom is -0.342 e. The van der Waals surface area contributed by atoms with Gasteiger partial charge in [0.1, 0.15) is 5.82 Å². The zero-order chi connectivity index (χ0) is 11.2. The Morgan fingerprint density at radius 3 is 2.60 bits per heavy atom. The molecule has 0 bridgehead atoms. The van der Waals surface area contributed by atoms with Gasteiger partial charge in [-0.1, -0.05) is 11.6 Å². The van der Waals surface area contributed by atoms with Gasteiger partial charge in [0.05, 0.1) is 16.6 Å². The highest BCUT2D eigenvalue weighted by Crippen LogP contribution is 2.35. The molecule has 1 N–H and O–H groups in total. The van der Waals surface area contributed by atoms with Crippen molar-refractivity contribution in [3.05, 3.63) is 28.5 Å². The number of alkyl halides is 3. The second-order valence-corrected chi connectivity index (χ2v) is 3.60. The molecule has 0 unspecified atom stereocenters. The molecule has 0 aliphatic rings. The highest BCUT2D eigenvalue weighted by atomic mass is 35.5. The van der Waals surface area contributed by atoms with Gasteiger partial charge in [0.15, 0.2) is 0 Å². The quantitative estimate of drug-likeness (QED) is 0.742. The van der Waals surface area contributed by atoms with Crippen LogP contribution in [0, 0.1) is 6.92 Å². The molecule has 1 aromatic carbocycles. The van der Waals surface area contributed by atoms with Crippen LogP contribution in [0.4, 0.5) is 13.2 Å². The van der Waals surface area contributed by atoms with Crippen LogP contribution in [-0.4, -0.2) is 9.97 Å². The predicted octanol–water partition coefficient (Wildman–Crippen LogP) is 3.54. The molecule has 1 aromatic heterocycles. The molecule has 15 heavy (non-hydrogen) atoms. The Labute approximate surface area is 88.1 Å². The van der Waals surface area contributed by atoms with Crippen LogP contribution < -0.4 is 0 Å². The van der Waals surface area contributed by atoms with Gasteiger partial charge < -0.3 is 4.98 Å². The highest BCUT2D eigenvalue weighted by Gasteiger charge is 2.34. The summed E-state index contributed by atoms with van der Waals surface area (Å²) in [7, 11) is 0. The van der Waals surface area contributed by atoms with Gasteiger partial charge in [0.2, 0.25) is 0 Å². The van der Waals surface area contributed by atoms with E-state index in [-0.39, 0.29) is 16.1 Å². The smallest absolute Gasteiger partial charge is 0.342 e. The largest absolute Gasteiger partial charge is 0.418 e. The van der Waals surface area contributed by atoms with Crippen LogP contribution in [0.1, 0.15) is 11.4 Å². The van der Waals surface area contributed by atoms with Crippen LogP contribution in [0.25, 0.3) is 11.0 Å². The number of H-pyrrole nitrogens is 1. The van der Waals surface area contributed by atoms with E-state index in [1.807, 2.05) is 0 Å². The lowest BCUT2D eigenvalue weighted by Crippen LogP contribution is -2.05. The van der Waals surface area contributed by atoms with Crippen molar-refractivity contribution >= 4 is 22.6 Å². The van der Waals surface area contributed by atoms with E-state index < -0.39 is 11.7 Å². The van der Waals surface area contributed by atoms with E-state index in [4.69, 9.17) is 11.6 Å². The number of rotatable bonds is 0. The van der Waals surface area contributed by atoms with E-state index in [0.717, 1.165) is 6.07 Å². The first kappa shape index (κ1) is 10.3. The van der Waals surface area contributed by atoms with Gasteiger partial charge in [-0.3, -0.25) is 0 Å². The van der Waals surface area contributed by atoms with Gasteiger partial charge in [0, 0.05) is 5.02 Å². The van der Waals surface area contributed by atoms with Crippen molar-refractivity contribution in [3.63, 3.8) is 0 Å². The maximum Gasteiger partial charge on any atom is 0.418 e. The second kappa shape index (κ2) is 3.13. The maximum atomic E-state index is 12.6. The zero-order valence-electron chi connectivity index (χ0n) is 7.61. The standard InChI is InChI=1S/C9H6ClF3N2/c1-4-14-7-3-5(10)2-6(8(7)15-4)9(11,12)13/h2-3H,1H3,(H,14,15). The SMILES string of the molecule is Cc1nc2cc(Cl)cc(C(F)(F)F)c2[nH]1. The second-order valence-electron chi connectivity index (χ2n) is 3.17. The van der Waals surface area contributed by atoms with Gasteiger partial charge >= 0.3 is 6.18 Å². The number of nitrogens with one attached hydrogen (secondary N) is 1. The molecule has 2 nitrogen and oxygen atoms in total. The normalized spacial score (nSPS) is 12.3. The fourth-order valence-electron chi connectivity index (χ4n) is 1.43. The Balaban J connectivity index is 2.82. The molecule has 0 saturated heterocycles. The molecule has 0 aliphatic carbocycles. The first-order valence-electron chi connectivity index (χ1n) is 4.11. The van der Waals surface area contributed by atoms with Crippen molar-refractivity contribution in [3.8, 4) is 0 Å². The topological polar surface area (TPSA) is 28.7 Å². The van der Waals surface area contributed by atoms with Gasteiger partial charge in [-0.15, -0.1) is 0 Å². The summed E-state index contributed by atoms with van der Waals surface area (Å²) in [5.74, 6) is 0.428. The van der Waals surface area contributed by atoms with E-state index in [2.05, 4.69) is 9.97 Å². The number of halogens is 4. The summed E-state index contributed by atoms with van der Waals surface area (Å²) in [4.78, 5) is 6.48. The Bertz CT molecular complexity index is 516. The summed E-state index contributed by atoms with van der Waals surface area (Å²) < 4.78 is 37.8. The maximum absolute atomic E-state index is 12.6. The van der Waals surface area contributed by atoms with Crippen LogP contribution in [0.2, 0.25) is 5.02 Å². The average Bonchev–Trinajstić information content (AvgIpc) is 2.41. The third kappa shape index (κ3) is 1.79. The van der Waals surface area contributed by atoms with Crippen LogP contribution >= 0.6 is 11.6 Å². The summed E-state index contributed by atoms with van der Waals surface area (Å²) in [5.41, 5.74) is -0.581. The Hall–Kier alpha value is -1.23. The van der Waals surface area contributed by atoms with E-state index in [9.17, 15) is 13.2 Å². The van der Waals surface area contributed by atoms with Gasteiger partial charge in [-0.2, -0.15) is 13.2 Å². The summed E-state index contributed by atoms with van der Waals surface area (Å²) in [6.07, 6.45) is -4.43. The van der Waals surface area contributed by atoms with Gasteiger partial charge in [-0.05, 0) is 19.1 Å². The molecule has 0 spiro atoms. The molecule has 1 heterocycles. The number of fused-ring (bicyclic) bond motifs is 1. The number of imidazole rings is 1. The molecular formula is C9H6ClF3N2. The van der Waals surface area contributed by atoms with E-state index in [0.29, 0.717) is 5.82 Å². The first-order chi connectivity index (χ1) is 6.88. The Morgan fingerprint density at radius 1 is 1.33 bits per heavy atom. The van der Waals surface area contributed by atoms with Crippen molar-refractivity contribution in [1.29, 1.82) is 0 Å². The molecule has 2 rings (SSSR count). The fourth-order valence-corrected chi connectivity index (χ4v) is 1.64. The predicted molar refractivity (Wildman–Crippen MR) is 50.8 cm³/mol. The van der Waals surface area contributed by atoms with E-state index >= 15 is 0 Å². The number of aryl methyl sites for hydroxylation is 1. The van der Waals surface area contributed by atoms with Crippen LogP contribution in [-0.2, 0) is 6.18 Å². The molecule has 6 heteroatoms. The van der Waals surface area contributed by atoms with Crippen molar-refractivity contribution < 1.29 is 13.2 Å². The molecule has 80 valence electrons. The number of hydrogen-bond donors (Lipinski definition) is 1. The van der Waals surface area contributed by atoms with Crippen LogP contribution in [0.5, 0.6) is 0 Å². The monoisotopic (exact) mass is 234 g/mol. The molecule has 0 amide bonds. The molecule has 0 saturated carbocycles. The number of hydrogen-bond acceptors (Lipinski definition) is 1. The molecule has 2 aromatic rings. The third-order valence-corrected chi connectivity index (χ3v) is 2.20. The van der Waals surface area contributed by atoms with Gasteiger partial charge in [-0.25, -0.2) is 4.98 Å². The fraction of sp³-hybridized carbons (Fsp3) is 0.222. The number of nitrogens with zero attached hydrogens (tertiary/aromatic N) is 1. The number of aromatic amines is 1. The minimum atomic E-state index is -4.43. The van der Waals surface area contributed by atoms with Crippen molar-refractivity contribution in [1.82, 2.24) is 9.97 Å². The zero-order valence-corrected chi connectivity index (χ0v) is 8.37. The molecule has 0 radical (unpaired) electrons. The van der Waals surface area contributed by atoms with Crippen LogP contribution in [0.15, 0.2) is 12.1 Å². The van der Waals surface area contributed by atoms with E-state index in [1.165, 1.54) is 6.07 Å². The molecular weight excluding hydrogens is 229 g/mol. The number of aromatic nitrogens is 2. The average molecular weight is 235 g/mol. The number of benzene rings is 1. The van der Waals surface area contributed by atoms with Crippen molar-refractivity contribution in [2.75, 3.05) is 0 Å². The third-order valence-electron chi connectivity index (χ3n) is 1.98. The summed E-state index contributed by atoms with van der Waals surface area (Å²) in [5, 5.41) is 0.0290. The molecule has 0 atom stereocenters.